The highest BCUT2D eigenvalue weighted by atomic mass is 32.1. The monoisotopic (exact) mass is 456 g/mol. The molecule has 170 valence electrons. The maximum atomic E-state index is 12.7. The molecule has 8 nitrogen and oxygen atoms in total. The summed E-state index contributed by atoms with van der Waals surface area (Å²) in [4.78, 5) is 44.0. The van der Waals surface area contributed by atoms with Crippen LogP contribution in [0.2, 0.25) is 0 Å². The summed E-state index contributed by atoms with van der Waals surface area (Å²) in [5, 5.41) is 6.54. The van der Waals surface area contributed by atoms with Crippen LogP contribution in [0.1, 0.15) is 54.4 Å². The normalized spacial score (nSPS) is 17.1. The molecular formula is C23H28N4O4S. The summed E-state index contributed by atoms with van der Waals surface area (Å²) in [6.45, 7) is 5.03. The SMILES string of the molecule is CCOc1ccc(-c2nc(C)c(C(=O)NCCCN3C(=O)NC4(CCCC4)C3=O)s2)cc1. The number of carbonyl (C=O) groups excluding carboxylic acids is 3. The number of thiazole rings is 1. The van der Waals surface area contributed by atoms with Crippen molar-refractivity contribution < 1.29 is 19.1 Å². The number of rotatable bonds is 8. The molecule has 2 aromatic rings. The van der Waals surface area contributed by atoms with Gasteiger partial charge in [0.2, 0.25) is 0 Å². The third kappa shape index (κ3) is 4.34. The molecule has 9 heteroatoms. The number of aryl methyl sites for hydroxylation is 1. The highest BCUT2D eigenvalue weighted by Gasteiger charge is 2.51. The number of ether oxygens (including phenoxy) is 1. The van der Waals surface area contributed by atoms with Crippen LogP contribution in [0, 0.1) is 6.92 Å². The lowest BCUT2D eigenvalue weighted by Crippen LogP contribution is -2.44. The number of carbonyl (C=O) groups is 3. The minimum atomic E-state index is -0.683. The number of nitrogens with one attached hydrogen (secondary N) is 2. The van der Waals surface area contributed by atoms with Crippen molar-refractivity contribution in [1.82, 2.24) is 20.5 Å². The predicted octanol–water partition coefficient (Wildman–Crippen LogP) is 3.50. The van der Waals surface area contributed by atoms with Crippen LogP contribution in [0.5, 0.6) is 5.75 Å². The smallest absolute Gasteiger partial charge is 0.325 e. The molecule has 2 aliphatic rings. The van der Waals surface area contributed by atoms with Crippen LogP contribution in [0.4, 0.5) is 4.79 Å². The Kier molecular flexibility index (Phi) is 6.45. The quantitative estimate of drug-likeness (QED) is 0.468. The minimum absolute atomic E-state index is 0.121. The Labute approximate surface area is 191 Å². The molecule has 2 N–H and O–H groups in total. The second-order valence-corrected chi connectivity index (χ2v) is 9.18. The second kappa shape index (κ2) is 9.28. The first-order chi connectivity index (χ1) is 15.4. The lowest BCUT2D eigenvalue weighted by Gasteiger charge is -2.20. The van der Waals surface area contributed by atoms with Gasteiger partial charge in [0, 0.05) is 18.7 Å². The van der Waals surface area contributed by atoms with Crippen LogP contribution < -0.4 is 15.4 Å². The van der Waals surface area contributed by atoms with Gasteiger partial charge in [0.25, 0.3) is 11.8 Å². The van der Waals surface area contributed by atoms with Crippen molar-refractivity contribution in [3.63, 3.8) is 0 Å². The Balaban J connectivity index is 1.30. The maximum absolute atomic E-state index is 12.7. The standard InChI is InChI=1S/C23H28N4O4S/c1-3-31-17-9-7-16(8-10-17)20-25-15(2)18(32-20)19(28)24-13-6-14-27-21(29)23(26-22(27)30)11-4-5-12-23/h7-10H,3-6,11-14H2,1-2H3,(H,24,28)(H,26,30). The lowest BCUT2D eigenvalue weighted by atomic mass is 9.98. The van der Waals surface area contributed by atoms with Gasteiger partial charge in [0.1, 0.15) is 21.2 Å². The average Bonchev–Trinajstić information content (AvgIpc) is 3.46. The molecule has 1 spiro atoms. The molecule has 1 aliphatic carbocycles. The third-order valence-electron chi connectivity index (χ3n) is 5.96. The van der Waals surface area contributed by atoms with E-state index >= 15 is 0 Å². The van der Waals surface area contributed by atoms with E-state index in [0.29, 0.717) is 49.5 Å². The summed E-state index contributed by atoms with van der Waals surface area (Å²) >= 11 is 1.34. The van der Waals surface area contributed by atoms with Gasteiger partial charge in [-0.05, 0) is 57.4 Å². The average molecular weight is 457 g/mol. The molecule has 4 rings (SSSR count). The number of amides is 4. The number of hydrogen-bond donors (Lipinski definition) is 2. The van der Waals surface area contributed by atoms with Crippen LogP contribution >= 0.6 is 11.3 Å². The van der Waals surface area contributed by atoms with Crippen molar-refractivity contribution in [1.29, 1.82) is 0 Å². The molecule has 0 radical (unpaired) electrons. The van der Waals surface area contributed by atoms with E-state index in [-0.39, 0.29) is 17.8 Å². The third-order valence-corrected chi connectivity index (χ3v) is 7.17. The molecule has 4 amide bonds. The fraction of sp³-hybridized carbons (Fsp3) is 0.478. The van der Waals surface area contributed by atoms with Gasteiger partial charge in [0.15, 0.2) is 0 Å². The maximum Gasteiger partial charge on any atom is 0.325 e. The Morgan fingerprint density at radius 3 is 2.66 bits per heavy atom. The Bertz CT molecular complexity index is 1010. The van der Waals surface area contributed by atoms with E-state index < -0.39 is 5.54 Å². The van der Waals surface area contributed by atoms with Crippen LogP contribution in [-0.2, 0) is 4.79 Å². The van der Waals surface area contributed by atoms with Crippen molar-refractivity contribution in [3.8, 4) is 16.3 Å². The summed E-state index contributed by atoms with van der Waals surface area (Å²) in [5.74, 6) is 0.484. The molecule has 1 saturated carbocycles. The fourth-order valence-corrected chi connectivity index (χ4v) is 5.30. The Morgan fingerprint density at radius 1 is 1.25 bits per heavy atom. The van der Waals surface area contributed by atoms with Crippen LogP contribution in [0.25, 0.3) is 10.6 Å². The zero-order chi connectivity index (χ0) is 22.7. The van der Waals surface area contributed by atoms with Crippen molar-refractivity contribution in [2.45, 2.75) is 51.5 Å². The number of benzene rings is 1. The van der Waals surface area contributed by atoms with Gasteiger partial charge >= 0.3 is 6.03 Å². The molecule has 2 heterocycles. The first kappa shape index (κ1) is 22.3. The molecular weight excluding hydrogens is 428 g/mol. The number of imide groups is 1. The molecule has 2 fully saturated rings. The van der Waals surface area contributed by atoms with Crippen LogP contribution in [0.3, 0.4) is 0 Å². The lowest BCUT2D eigenvalue weighted by molar-refractivity contribution is -0.131. The molecule has 1 aromatic heterocycles. The first-order valence-electron chi connectivity index (χ1n) is 11.1. The predicted molar refractivity (Wildman–Crippen MR) is 122 cm³/mol. The number of aromatic nitrogens is 1. The van der Waals surface area contributed by atoms with Crippen molar-refractivity contribution in [2.75, 3.05) is 19.7 Å². The zero-order valence-electron chi connectivity index (χ0n) is 18.4. The van der Waals surface area contributed by atoms with E-state index in [2.05, 4.69) is 15.6 Å². The zero-order valence-corrected chi connectivity index (χ0v) is 19.2. The summed E-state index contributed by atoms with van der Waals surface area (Å²) in [5.41, 5.74) is 0.922. The Hall–Kier alpha value is -2.94. The van der Waals surface area contributed by atoms with Crippen molar-refractivity contribution >= 4 is 29.2 Å². The number of nitrogens with zero attached hydrogens (tertiary/aromatic N) is 2. The summed E-state index contributed by atoms with van der Waals surface area (Å²) in [6, 6.07) is 7.32. The van der Waals surface area contributed by atoms with E-state index in [4.69, 9.17) is 4.74 Å². The van der Waals surface area contributed by atoms with Gasteiger partial charge in [0.05, 0.1) is 12.3 Å². The van der Waals surface area contributed by atoms with Gasteiger partial charge < -0.3 is 15.4 Å². The van der Waals surface area contributed by atoms with E-state index in [1.165, 1.54) is 16.2 Å². The van der Waals surface area contributed by atoms with Gasteiger partial charge in [-0.25, -0.2) is 9.78 Å². The van der Waals surface area contributed by atoms with E-state index in [0.717, 1.165) is 29.2 Å². The molecule has 0 atom stereocenters. The summed E-state index contributed by atoms with van der Waals surface area (Å²) in [6.07, 6.45) is 3.86. The van der Waals surface area contributed by atoms with Crippen molar-refractivity contribution in [2.24, 2.45) is 0 Å². The molecule has 32 heavy (non-hydrogen) atoms. The van der Waals surface area contributed by atoms with Crippen LogP contribution in [0.15, 0.2) is 24.3 Å². The number of urea groups is 1. The highest BCUT2D eigenvalue weighted by molar-refractivity contribution is 7.17. The fourth-order valence-electron chi connectivity index (χ4n) is 4.31. The molecule has 1 aromatic carbocycles. The first-order valence-corrected chi connectivity index (χ1v) is 11.9. The summed E-state index contributed by atoms with van der Waals surface area (Å²) < 4.78 is 5.47. The highest BCUT2D eigenvalue weighted by Crippen LogP contribution is 2.35. The van der Waals surface area contributed by atoms with Gasteiger partial charge in [-0.1, -0.05) is 12.8 Å². The van der Waals surface area contributed by atoms with Crippen molar-refractivity contribution in [3.05, 3.63) is 34.8 Å². The molecule has 0 unspecified atom stereocenters. The molecule has 1 saturated heterocycles. The van der Waals surface area contributed by atoms with E-state index in [9.17, 15) is 14.4 Å². The number of hydrogen-bond acceptors (Lipinski definition) is 6. The second-order valence-electron chi connectivity index (χ2n) is 8.18. The van der Waals surface area contributed by atoms with Crippen LogP contribution in [-0.4, -0.2) is 53.0 Å². The van der Waals surface area contributed by atoms with Gasteiger partial charge in [-0.2, -0.15) is 0 Å². The minimum Gasteiger partial charge on any atom is -0.494 e. The summed E-state index contributed by atoms with van der Waals surface area (Å²) in [7, 11) is 0. The molecule has 0 bridgehead atoms. The molecule has 1 aliphatic heterocycles. The Morgan fingerprint density at radius 2 is 1.97 bits per heavy atom. The van der Waals surface area contributed by atoms with E-state index in [1.807, 2.05) is 38.1 Å². The topological polar surface area (TPSA) is 101 Å². The largest absolute Gasteiger partial charge is 0.494 e. The van der Waals surface area contributed by atoms with Gasteiger partial charge in [-0.15, -0.1) is 11.3 Å². The van der Waals surface area contributed by atoms with E-state index in [1.54, 1.807) is 0 Å². The van der Waals surface area contributed by atoms with Gasteiger partial charge in [-0.3, -0.25) is 14.5 Å².